The third-order valence-electron chi connectivity index (χ3n) is 3.51. The van der Waals surface area contributed by atoms with Crippen LogP contribution in [0.1, 0.15) is 30.9 Å². The molecule has 0 saturated carbocycles. The molecule has 0 aliphatic carbocycles. The quantitative estimate of drug-likeness (QED) is 0.823. The number of carbonyl (C=O) groups is 1. The van der Waals surface area contributed by atoms with Crippen LogP contribution in [0.2, 0.25) is 5.02 Å². The molecular formula is C14H15ClN2O. The Balaban J connectivity index is 2.43. The highest BCUT2D eigenvalue weighted by Gasteiger charge is 2.29. The normalized spacial score (nSPS) is 18.8. The molecule has 3 nitrogen and oxygen atoms in total. The Kier molecular flexibility index (Phi) is 3.58. The molecule has 4 heteroatoms. The molecule has 0 N–H and O–H groups in total. The van der Waals surface area contributed by atoms with Gasteiger partial charge in [0.15, 0.2) is 5.78 Å². The van der Waals surface area contributed by atoms with Gasteiger partial charge < -0.3 is 4.90 Å². The van der Waals surface area contributed by atoms with Gasteiger partial charge in [0.25, 0.3) is 0 Å². The first kappa shape index (κ1) is 12.9. The van der Waals surface area contributed by atoms with Crippen molar-refractivity contribution < 1.29 is 4.79 Å². The molecule has 1 aromatic carbocycles. The number of benzene rings is 1. The molecule has 94 valence electrons. The van der Waals surface area contributed by atoms with E-state index in [4.69, 9.17) is 16.9 Å². The maximum atomic E-state index is 11.6. The zero-order valence-electron chi connectivity index (χ0n) is 10.5. The van der Waals surface area contributed by atoms with Crippen molar-refractivity contribution >= 4 is 23.1 Å². The molecule has 2 rings (SSSR count). The van der Waals surface area contributed by atoms with Gasteiger partial charge in [0.2, 0.25) is 0 Å². The predicted octanol–water partition coefficient (Wildman–Crippen LogP) is 3.08. The van der Waals surface area contributed by atoms with Gasteiger partial charge >= 0.3 is 0 Å². The lowest BCUT2D eigenvalue weighted by Gasteiger charge is -2.27. The fourth-order valence-corrected chi connectivity index (χ4v) is 2.75. The second-order valence-electron chi connectivity index (χ2n) is 4.65. The minimum atomic E-state index is -0.0484. The Morgan fingerprint density at radius 1 is 1.56 bits per heavy atom. The fourth-order valence-electron chi connectivity index (χ4n) is 2.55. The number of carbonyl (C=O) groups excluding carboxylic acids is 1. The van der Waals surface area contributed by atoms with Crippen molar-refractivity contribution in [1.29, 1.82) is 5.26 Å². The minimum absolute atomic E-state index is 0.0484. The van der Waals surface area contributed by atoms with Gasteiger partial charge in [-0.3, -0.25) is 4.79 Å². The van der Waals surface area contributed by atoms with E-state index in [2.05, 4.69) is 11.0 Å². The number of Topliss-reactive ketones (excluding diaryl/α,β-unsaturated/α-hetero) is 1. The Hall–Kier alpha value is -1.53. The maximum absolute atomic E-state index is 11.6. The number of rotatable bonds is 2. The SMILES string of the molecule is CC(=O)C1CCCN1c1ccc(C#N)c(Cl)c1C. The first-order valence-electron chi connectivity index (χ1n) is 6.02. The van der Waals surface area contributed by atoms with Crippen LogP contribution in [0.25, 0.3) is 0 Å². The van der Waals surface area contributed by atoms with Gasteiger partial charge in [-0.2, -0.15) is 5.26 Å². The third kappa shape index (κ3) is 2.09. The number of hydrogen-bond donors (Lipinski definition) is 0. The third-order valence-corrected chi connectivity index (χ3v) is 4.00. The molecule has 1 aliphatic rings. The molecule has 1 aliphatic heterocycles. The summed E-state index contributed by atoms with van der Waals surface area (Å²) in [5, 5.41) is 9.43. The van der Waals surface area contributed by atoms with E-state index in [1.807, 2.05) is 13.0 Å². The summed E-state index contributed by atoms with van der Waals surface area (Å²) in [6.07, 6.45) is 1.91. The first-order valence-corrected chi connectivity index (χ1v) is 6.40. The number of anilines is 1. The molecule has 0 bridgehead atoms. The van der Waals surface area contributed by atoms with Crippen LogP contribution in [-0.2, 0) is 4.79 Å². The van der Waals surface area contributed by atoms with Crippen LogP contribution < -0.4 is 4.90 Å². The minimum Gasteiger partial charge on any atom is -0.361 e. The van der Waals surface area contributed by atoms with Crippen LogP contribution in [0, 0.1) is 18.3 Å². The number of ketones is 1. The fraction of sp³-hybridized carbons (Fsp3) is 0.429. The highest BCUT2D eigenvalue weighted by Crippen LogP contribution is 2.34. The van der Waals surface area contributed by atoms with Crippen molar-refractivity contribution in [2.45, 2.75) is 32.7 Å². The van der Waals surface area contributed by atoms with E-state index < -0.39 is 0 Å². The van der Waals surface area contributed by atoms with Crippen LogP contribution in [0.4, 0.5) is 5.69 Å². The predicted molar refractivity (Wildman–Crippen MR) is 72.0 cm³/mol. The molecule has 1 atom stereocenters. The maximum Gasteiger partial charge on any atom is 0.152 e. The smallest absolute Gasteiger partial charge is 0.152 e. The van der Waals surface area contributed by atoms with Crippen LogP contribution in [-0.4, -0.2) is 18.4 Å². The summed E-state index contributed by atoms with van der Waals surface area (Å²) in [7, 11) is 0. The Bertz CT molecular complexity index is 533. The average Bonchev–Trinajstić information content (AvgIpc) is 2.81. The van der Waals surface area contributed by atoms with Crippen molar-refractivity contribution in [3.05, 3.63) is 28.3 Å². The van der Waals surface area contributed by atoms with Crippen molar-refractivity contribution in [3.63, 3.8) is 0 Å². The Morgan fingerprint density at radius 3 is 2.89 bits per heavy atom. The first-order chi connectivity index (χ1) is 8.56. The van der Waals surface area contributed by atoms with Crippen molar-refractivity contribution in [3.8, 4) is 6.07 Å². The van der Waals surface area contributed by atoms with E-state index in [9.17, 15) is 4.79 Å². The molecular weight excluding hydrogens is 248 g/mol. The van der Waals surface area contributed by atoms with Crippen LogP contribution >= 0.6 is 11.6 Å². The van der Waals surface area contributed by atoms with Crippen LogP contribution in [0.5, 0.6) is 0 Å². The van der Waals surface area contributed by atoms with Crippen molar-refractivity contribution in [2.75, 3.05) is 11.4 Å². The van der Waals surface area contributed by atoms with Gasteiger partial charge in [-0.15, -0.1) is 0 Å². The molecule has 0 spiro atoms. The summed E-state index contributed by atoms with van der Waals surface area (Å²) < 4.78 is 0. The van der Waals surface area contributed by atoms with E-state index in [1.165, 1.54) is 0 Å². The molecule has 18 heavy (non-hydrogen) atoms. The van der Waals surface area contributed by atoms with Gasteiger partial charge in [0.1, 0.15) is 6.07 Å². The zero-order valence-corrected chi connectivity index (χ0v) is 11.3. The summed E-state index contributed by atoms with van der Waals surface area (Å²) >= 11 is 6.17. The molecule has 0 amide bonds. The molecule has 1 aromatic rings. The van der Waals surface area contributed by atoms with Gasteiger partial charge in [0, 0.05) is 12.2 Å². The monoisotopic (exact) mass is 262 g/mol. The molecule has 0 aromatic heterocycles. The van der Waals surface area contributed by atoms with E-state index in [1.54, 1.807) is 13.0 Å². The van der Waals surface area contributed by atoms with Gasteiger partial charge in [-0.1, -0.05) is 11.6 Å². The van der Waals surface area contributed by atoms with E-state index in [0.29, 0.717) is 10.6 Å². The van der Waals surface area contributed by atoms with Gasteiger partial charge in [0.05, 0.1) is 16.6 Å². The highest BCUT2D eigenvalue weighted by molar-refractivity contribution is 6.32. The lowest BCUT2D eigenvalue weighted by Crippen LogP contribution is -2.35. The van der Waals surface area contributed by atoms with Crippen LogP contribution in [0.15, 0.2) is 12.1 Å². The second-order valence-corrected chi connectivity index (χ2v) is 5.02. The number of hydrogen-bond acceptors (Lipinski definition) is 3. The molecule has 1 heterocycles. The molecule has 1 fully saturated rings. The van der Waals surface area contributed by atoms with E-state index in [-0.39, 0.29) is 11.8 Å². The molecule has 0 radical (unpaired) electrons. The summed E-state index contributed by atoms with van der Waals surface area (Å²) in [5.41, 5.74) is 2.33. The van der Waals surface area contributed by atoms with Gasteiger partial charge in [-0.25, -0.2) is 0 Å². The average molecular weight is 263 g/mol. The lowest BCUT2D eigenvalue weighted by atomic mass is 10.1. The number of nitrogens with zero attached hydrogens (tertiary/aromatic N) is 2. The summed E-state index contributed by atoms with van der Waals surface area (Å²) in [5.74, 6) is 0.187. The van der Waals surface area contributed by atoms with Crippen molar-refractivity contribution in [2.24, 2.45) is 0 Å². The van der Waals surface area contributed by atoms with Crippen LogP contribution in [0.3, 0.4) is 0 Å². The Labute approximate surface area is 112 Å². The topological polar surface area (TPSA) is 44.1 Å². The molecule has 1 saturated heterocycles. The van der Waals surface area contributed by atoms with Gasteiger partial charge in [-0.05, 0) is 44.4 Å². The zero-order chi connectivity index (χ0) is 13.3. The molecule has 1 unspecified atom stereocenters. The lowest BCUT2D eigenvalue weighted by molar-refractivity contribution is -0.118. The van der Waals surface area contributed by atoms with E-state index >= 15 is 0 Å². The number of halogens is 1. The summed E-state index contributed by atoms with van der Waals surface area (Å²) in [6, 6.07) is 5.63. The summed E-state index contributed by atoms with van der Waals surface area (Å²) in [6.45, 7) is 4.39. The largest absolute Gasteiger partial charge is 0.361 e. The standard InChI is InChI=1S/C14H15ClN2O/c1-9-12(6-5-11(8-16)14(9)15)17-7-3-4-13(17)10(2)18/h5-6,13H,3-4,7H2,1-2H3. The summed E-state index contributed by atoms with van der Waals surface area (Å²) in [4.78, 5) is 13.7. The second kappa shape index (κ2) is 4.99. The number of nitriles is 1. The van der Waals surface area contributed by atoms with E-state index in [0.717, 1.165) is 30.6 Å². The highest BCUT2D eigenvalue weighted by atomic mass is 35.5. The van der Waals surface area contributed by atoms with Crippen molar-refractivity contribution in [1.82, 2.24) is 0 Å². The Morgan fingerprint density at radius 2 is 2.28 bits per heavy atom.